The van der Waals surface area contributed by atoms with Crippen LogP contribution in [0.15, 0.2) is 206 Å². The van der Waals surface area contributed by atoms with Gasteiger partial charge in [-0.1, -0.05) is 265 Å². The molecule has 0 bridgehead atoms. The first-order valence-electron chi connectivity index (χ1n) is 27.3. The Morgan fingerprint density at radius 1 is 0.273 bits per heavy atom. The maximum Gasteiger partial charge on any atom is 0.164 e. The molecule has 4 nitrogen and oxygen atoms in total. The molecule has 2 heterocycles. The minimum Gasteiger partial charge on any atom is -0.307 e. The zero-order valence-corrected chi connectivity index (χ0v) is 46.9. The molecule has 2 aromatic heterocycles. The zero-order chi connectivity index (χ0) is 54.0. The Labute approximate surface area is 456 Å². The van der Waals surface area contributed by atoms with Gasteiger partial charge in [-0.2, -0.15) is 0 Å². The van der Waals surface area contributed by atoms with Crippen LogP contribution in [0.2, 0.25) is 0 Å². The molecule has 0 amide bonds. The van der Waals surface area contributed by atoms with Gasteiger partial charge in [0.05, 0.1) is 16.7 Å². The molecule has 11 aromatic rings. The number of aromatic nitrogens is 4. The molecule has 0 saturated heterocycles. The van der Waals surface area contributed by atoms with Crippen molar-refractivity contribution < 1.29 is 0 Å². The van der Waals surface area contributed by atoms with Crippen LogP contribution in [-0.4, -0.2) is 19.5 Å². The van der Waals surface area contributed by atoms with Crippen molar-refractivity contribution in [1.29, 1.82) is 0 Å². The first-order valence-corrected chi connectivity index (χ1v) is 27.3. The van der Waals surface area contributed by atoms with Gasteiger partial charge < -0.3 is 4.57 Å². The Hall–Kier alpha value is -8.21. The van der Waals surface area contributed by atoms with Gasteiger partial charge in [0.25, 0.3) is 0 Å². The maximum atomic E-state index is 5.40. The van der Waals surface area contributed by atoms with Gasteiger partial charge in [0.15, 0.2) is 17.5 Å². The van der Waals surface area contributed by atoms with E-state index in [2.05, 4.69) is 258 Å². The maximum absolute atomic E-state index is 5.40. The summed E-state index contributed by atoms with van der Waals surface area (Å²) in [7, 11) is 0. The van der Waals surface area contributed by atoms with Crippen molar-refractivity contribution in [2.75, 3.05) is 0 Å². The summed E-state index contributed by atoms with van der Waals surface area (Å²) in [5.74, 6) is 1.85. The third-order valence-electron chi connectivity index (χ3n) is 15.2. The molecular weight excluding hydrogens is 933 g/mol. The predicted molar refractivity (Wildman–Crippen MR) is 327 cm³/mol. The number of hydrogen-bond acceptors (Lipinski definition) is 3. The fourth-order valence-electron chi connectivity index (χ4n) is 10.8. The van der Waals surface area contributed by atoms with E-state index >= 15 is 0 Å². The second-order valence-electron chi connectivity index (χ2n) is 25.0. The highest BCUT2D eigenvalue weighted by atomic mass is 15.0. The predicted octanol–water partition coefficient (Wildman–Crippen LogP) is 19.8. The van der Waals surface area contributed by atoms with Crippen LogP contribution in [0.1, 0.15) is 105 Å². The zero-order valence-electron chi connectivity index (χ0n) is 46.9. The molecule has 77 heavy (non-hydrogen) atoms. The molecule has 0 fully saturated rings. The van der Waals surface area contributed by atoms with Crippen LogP contribution in [0.4, 0.5) is 0 Å². The highest BCUT2D eigenvalue weighted by molar-refractivity contribution is 6.14. The van der Waals surface area contributed by atoms with Crippen molar-refractivity contribution in [3.05, 3.63) is 229 Å². The molecule has 0 saturated carbocycles. The minimum atomic E-state index is -0.234. The van der Waals surface area contributed by atoms with Crippen molar-refractivity contribution in [2.45, 2.75) is 105 Å². The number of nitrogens with zero attached hydrogens (tertiary/aromatic N) is 4. The summed E-state index contributed by atoms with van der Waals surface area (Å²) in [5, 5.41) is 2.54. The molecule has 0 aliphatic rings. The highest BCUT2D eigenvalue weighted by Crippen LogP contribution is 2.50. The Morgan fingerprint density at radius 2 is 0.558 bits per heavy atom. The van der Waals surface area contributed by atoms with E-state index in [1.165, 1.54) is 55.2 Å². The molecule has 0 aliphatic heterocycles. The third kappa shape index (κ3) is 9.94. The van der Waals surface area contributed by atoms with Gasteiger partial charge in [-0.3, -0.25) is 0 Å². The number of hydrogen-bond donors (Lipinski definition) is 0. The van der Waals surface area contributed by atoms with E-state index in [0.29, 0.717) is 17.5 Å². The van der Waals surface area contributed by atoms with Crippen molar-refractivity contribution >= 4 is 21.8 Å². The largest absolute Gasteiger partial charge is 0.307 e. The van der Waals surface area contributed by atoms with Gasteiger partial charge in [-0.15, -0.1) is 0 Å². The second kappa shape index (κ2) is 19.4. The molecule has 0 atom stereocenters. The van der Waals surface area contributed by atoms with Crippen LogP contribution in [0.25, 0.3) is 106 Å². The highest BCUT2D eigenvalue weighted by Gasteiger charge is 2.33. The number of fused-ring (bicyclic) bond motifs is 3. The molecule has 0 N–H and O–H groups in total. The quantitative estimate of drug-likeness (QED) is 0.152. The molecule has 0 unspecified atom stereocenters. The minimum absolute atomic E-state index is 0.0994. The van der Waals surface area contributed by atoms with E-state index in [1.807, 2.05) is 36.4 Å². The Bertz CT molecular complexity index is 3680. The summed E-state index contributed by atoms with van der Waals surface area (Å²) in [6.07, 6.45) is 0. The molecule has 0 aliphatic carbocycles. The Balaban J connectivity index is 1.35. The SMILES string of the molecule is CC(C)(C)c1cc(C(C)(C)C)c2c(c1)c1cc(C(C)(C)C)cc(C(C)(C)C)c1n2-c1c(-c2ccc(-c3ccccc3)cc2)cc(-c2nc(-c3ccccc3)nc(-c3ccccc3)n2)cc1-c1ccc(-c2ccccc2)cc1. The lowest BCUT2D eigenvalue weighted by Crippen LogP contribution is -2.19. The third-order valence-corrected chi connectivity index (χ3v) is 15.2. The summed E-state index contributed by atoms with van der Waals surface area (Å²) < 4.78 is 2.69. The van der Waals surface area contributed by atoms with Crippen LogP contribution in [-0.2, 0) is 21.7 Å². The fourth-order valence-corrected chi connectivity index (χ4v) is 10.8. The van der Waals surface area contributed by atoms with Crippen molar-refractivity contribution in [2.24, 2.45) is 0 Å². The van der Waals surface area contributed by atoms with E-state index in [-0.39, 0.29) is 21.7 Å². The van der Waals surface area contributed by atoms with Crippen LogP contribution in [0.3, 0.4) is 0 Å². The summed E-state index contributed by atoms with van der Waals surface area (Å²) in [6.45, 7) is 28.4. The summed E-state index contributed by atoms with van der Waals surface area (Å²) >= 11 is 0. The molecule has 9 aromatic carbocycles. The standard InChI is InChI=1S/C73H70N4/c1-70(2,3)56-43-60-61-44-57(71(4,5)6)46-63(73(10,11)12)66(61)77(65(60)62(45-56)72(7,8)9)64-58(51-37-33-49(34-38-51)47-25-17-13-18-26-47)41-55(42-59(64)52-39-35-50(36-40-52)48-27-19-14-20-28-48)69-75-67(53-29-21-15-22-30-53)74-68(76-69)54-31-23-16-24-32-54/h13-46H,1-12H3. The van der Waals surface area contributed by atoms with Crippen molar-refractivity contribution in [3.63, 3.8) is 0 Å². The van der Waals surface area contributed by atoms with Crippen LogP contribution < -0.4 is 0 Å². The summed E-state index contributed by atoms with van der Waals surface area (Å²) in [6, 6.07) is 75.0. The normalized spacial score (nSPS) is 12.4. The average Bonchev–Trinajstić information content (AvgIpc) is 4.05. The lowest BCUT2D eigenvalue weighted by atomic mass is 9.78. The first kappa shape index (κ1) is 50.9. The smallest absolute Gasteiger partial charge is 0.164 e. The average molecular weight is 1000 g/mol. The van der Waals surface area contributed by atoms with Crippen LogP contribution >= 0.6 is 0 Å². The van der Waals surface area contributed by atoms with Gasteiger partial charge in [0, 0.05) is 38.6 Å². The summed E-state index contributed by atoms with van der Waals surface area (Å²) in [4.78, 5) is 15.9. The second-order valence-corrected chi connectivity index (χ2v) is 25.0. The number of benzene rings is 9. The topological polar surface area (TPSA) is 43.6 Å². The van der Waals surface area contributed by atoms with E-state index in [0.717, 1.165) is 55.8 Å². The first-order chi connectivity index (χ1) is 36.7. The molecule has 4 heteroatoms. The van der Waals surface area contributed by atoms with Gasteiger partial charge in [0.1, 0.15) is 0 Å². The Morgan fingerprint density at radius 3 is 0.870 bits per heavy atom. The van der Waals surface area contributed by atoms with Crippen molar-refractivity contribution in [3.8, 4) is 84.4 Å². The van der Waals surface area contributed by atoms with Gasteiger partial charge >= 0.3 is 0 Å². The molecular formula is C73H70N4. The van der Waals surface area contributed by atoms with Crippen LogP contribution in [0, 0.1) is 0 Å². The lowest BCUT2D eigenvalue weighted by molar-refractivity contribution is 0.571. The molecule has 382 valence electrons. The molecule has 11 rings (SSSR count). The van der Waals surface area contributed by atoms with E-state index < -0.39 is 0 Å². The fraction of sp³-hybridized carbons (Fsp3) is 0.219. The van der Waals surface area contributed by atoms with Gasteiger partial charge in [-0.05, 0) is 102 Å². The molecule has 0 spiro atoms. The van der Waals surface area contributed by atoms with Crippen molar-refractivity contribution in [1.82, 2.24) is 19.5 Å². The van der Waals surface area contributed by atoms with Gasteiger partial charge in [-0.25, -0.2) is 15.0 Å². The van der Waals surface area contributed by atoms with E-state index in [1.54, 1.807) is 0 Å². The van der Waals surface area contributed by atoms with E-state index in [4.69, 9.17) is 15.0 Å². The lowest BCUT2D eigenvalue weighted by Gasteiger charge is -2.29. The van der Waals surface area contributed by atoms with Gasteiger partial charge in [0.2, 0.25) is 0 Å². The number of rotatable bonds is 8. The monoisotopic (exact) mass is 1000 g/mol. The molecule has 0 radical (unpaired) electrons. The van der Waals surface area contributed by atoms with E-state index in [9.17, 15) is 0 Å². The van der Waals surface area contributed by atoms with Crippen LogP contribution in [0.5, 0.6) is 0 Å². The Kier molecular flexibility index (Phi) is 12.8. The summed E-state index contributed by atoms with van der Waals surface area (Å²) in [5.41, 5.74) is 19.9.